The molecule has 0 radical (unpaired) electrons. The van der Waals surface area contributed by atoms with Crippen molar-refractivity contribution in [3.63, 3.8) is 0 Å². The third-order valence-electron chi connectivity index (χ3n) is 1.65. The van der Waals surface area contributed by atoms with Crippen LogP contribution in [0.4, 0.5) is 5.69 Å². The summed E-state index contributed by atoms with van der Waals surface area (Å²) in [6.45, 7) is 9.46. The van der Waals surface area contributed by atoms with Crippen LogP contribution in [0.1, 0.15) is 26.3 Å². The lowest BCUT2D eigenvalue weighted by molar-refractivity contribution is 1.42. The van der Waals surface area contributed by atoms with Gasteiger partial charge in [-0.1, -0.05) is 29.9 Å². The Morgan fingerprint density at radius 2 is 1.67 bits per heavy atom. The maximum Gasteiger partial charge on any atom is 0.0337 e. The monoisotopic (exact) mass is 203 g/mol. The fraction of sp³-hybridized carbons (Fsp3) is 0.286. The fourth-order valence-electron chi connectivity index (χ4n) is 1.08. The van der Waals surface area contributed by atoms with Gasteiger partial charge in [0.15, 0.2) is 0 Å². The van der Waals surface area contributed by atoms with E-state index in [1.807, 2.05) is 14.0 Å². The number of anilines is 1. The predicted octanol–water partition coefficient (Wildman–Crippen LogP) is 4.34. The second kappa shape index (κ2) is 7.86. The lowest BCUT2D eigenvalue weighted by atomic mass is 10.1. The van der Waals surface area contributed by atoms with E-state index >= 15 is 0 Å². The largest absolute Gasteiger partial charge is 0.388 e. The Morgan fingerprint density at radius 3 is 2.00 bits per heavy atom. The number of allylic oxidation sites excluding steroid dienone is 2. The molecule has 0 saturated heterocycles. The van der Waals surface area contributed by atoms with Crippen LogP contribution in [-0.2, 0) is 0 Å². The number of benzene rings is 1. The van der Waals surface area contributed by atoms with Crippen molar-refractivity contribution < 1.29 is 0 Å². The first-order valence-electron chi connectivity index (χ1n) is 5.13. The van der Waals surface area contributed by atoms with Crippen molar-refractivity contribution in [1.29, 1.82) is 0 Å². The molecule has 0 unspecified atom stereocenters. The molecular formula is C14H21N. The number of hydrogen-bond donors (Lipinski definition) is 1. The minimum Gasteiger partial charge on any atom is -0.388 e. The van der Waals surface area contributed by atoms with E-state index in [0.717, 1.165) is 5.69 Å². The third kappa shape index (κ3) is 6.55. The summed E-state index contributed by atoms with van der Waals surface area (Å²) >= 11 is 0. The van der Waals surface area contributed by atoms with Gasteiger partial charge in [-0.25, -0.2) is 0 Å². The van der Waals surface area contributed by atoms with Gasteiger partial charge in [-0.3, -0.25) is 0 Å². The first kappa shape index (κ1) is 13.5. The van der Waals surface area contributed by atoms with Crippen LogP contribution < -0.4 is 5.32 Å². The highest BCUT2D eigenvalue weighted by Gasteiger charge is 1.88. The maximum atomic E-state index is 3.36. The van der Waals surface area contributed by atoms with Crippen LogP contribution in [0.3, 0.4) is 0 Å². The van der Waals surface area contributed by atoms with Crippen molar-refractivity contribution in [2.24, 2.45) is 0 Å². The van der Waals surface area contributed by atoms with Gasteiger partial charge in [0, 0.05) is 12.7 Å². The highest BCUT2D eigenvalue weighted by atomic mass is 14.8. The normalized spacial score (nSPS) is 8.27. The van der Waals surface area contributed by atoms with E-state index < -0.39 is 0 Å². The van der Waals surface area contributed by atoms with Gasteiger partial charge in [-0.15, -0.1) is 6.58 Å². The van der Waals surface area contributed by atoms with Crippen LogP contribution in [0.15, 0.2) is 42.5 Å². The molecule has 1 aromatic carbocycles. The summed E-state index contributed by atoms with van der Waals surface area (Å²) in [4.78, 5) is 0. The summed E-state index contributed by atoms with van der Waals surface area (Å²) in [5, 5.41) is 3.09. The Morgan fingerprint density at radius 1 is 1.20 bits per heavy atom. The first-order valence-corrected chi connectivity index (χ1v) is 5.13. The number of rotatable bonds is 2. The molecule has 0 spiro atoms. The zero-order valence-electron chi connectivity index (χ0n) is 10.2. The van der Waals surface area contributed by atoms with Gasteiger partial charge in [-0.05, 0) is 38.5 Å². The summed E-state index contributed by atoms with van der Waals surface area (Å²) in [7, 11) is 1.93. The quantitative estimate of drug-likeness (QED) is 0.705. The Hall–Kier alpha value is -1.50. The van der Waals surface area contributed by atoms with Gasteiger partial charge in [0.1, 0.15) is 0 Å². The molecule has 0 aliphatic carbocycles. The van der Waals surface area contributed by atoms with Crippen molar-refractivity contribution in [1.82, 2.24) is 0 Å². The van der Waals surface area contributed by atoms with Gasteiger partial charge in [0.05, 0.1) is 0 Å². The van der Waals surface area contributed by atoms with Gasteiger partial charge >= 0.3 is 0 Å². The SMILES string of the molecule is C=CC.CNc1ccc(C=C(C)C)cc1. The second-order valence-corrected chi connectivity index (χ2v) is 3.50. The lowest BCUT2D eigenvalue weighted by Gasteiger charge is -1.99. The van der Waals surface area contributed by atoms with Crippen LogP contribution in [0, 0.1) is 0 Å². The molecule has 0 saturated carbocycles. The summed E-state index contributed by atoms with van der Waals surface area (Å²) in [5.74, 6) is 0. The smallest absolute Gasteiger partial charge is 0.0337 e. The van der Waals surface area contributed by atoms with Gasteiger partial charge in [0.2, 0.25) is 0 Å². The summed E-state index contributed by atoms with van der Waals surface area (Å²) < 4.78 is 0. The lowest BCUT2D eigenvalue weighted by Crippen LogP contribution is -1.86. The van der Waals surface area contributed by atoms with Crippen LogP contribution in [0.2, 0.25) is 0 Å². The van der Waals surface area contributed by atoms with E-state index in [2.05, 4.69) is 56.1 Å². The molecular weight excluding hydrogens is 182 g/mol. The van der Waals surface area contributed by atoms with Crippen LogP contribution in [0.5, 0.6) is 0 Å². The van der Waals surface area contributed by atoms with E-state index in [0.29, 0.717) is 0 Å². The molecule has 1 N–H and O–H groups in total. The van der Waals surface area contributed by atoms with Crippen molar-refractivity contribution >= 4 is 11.8 Å². The highest BCUT2D eigenvalue weighted by Crippen LogP contribution is 2.11. The van der Waals surface area contributed by atoms with E-state index in [1.54, 1.807) is 6.08 Å². The molecule has 0 aromatic heterocycles. The van der Waals surface area contributed by atoms with E-state index in [4.69, 9.17) is 0 Å². The average molecular weight is 203 g/mol. The molecule has 0 bridgehead atoms. The summed E-state index contributed by atoms with van der Waals surface area (Å²) in [6, 6.07) is 8.38. The fourth-order valence-corrected chi connectivity index (χ4v) is 1.08. The molecule has 15 heavy (non-hydrogen) atoms. The summed E-state index contributed by atoms with van der Waals surface area (Å²) in [6.07, 6.45) is 3.92. The summed E-state index contributed by atoms with van der Waals surface area (Å²) in [5.41, 5.74) is 3.74. The zero-order valence-corrected chi connectivity index (χ0v) is 10.2. The van der Waals surface area contributed by atoms with Crippen LogP contribution in [-0.4, -0.2) is 7.05 Å². The van der Waals surface area contributed by atoms with E-state index in [9.17, 15) is 0 Å². The Balaban J connectivity index is 0.000000583. The van der Waals surface area contributed by atoms with Crippen molar-refractivity contribution in [3.8, 4) is 0 Å². The average Bonchev–Trinajstić information content (AvgIpc) is 2.19. The van der Waals surface area contributed by atoms with Crippen molar-refractivity contribution in [2.75, 3.05) is 12.4 Å². The molecule has 82 valence electrons. The molecule has 1 nitrogen and oxygen atoms in total. The standard InChI is InChI=1S/C11H15N.C3H6/c1-9(2)8-10-4-6-11(12-3)7-5-10;1-3-2/h4-8,12H,1-3H3;3H,1H2,2H3. The topological polar surface area (TPSA) is 12.0 Å². The van der Waals surface area contributed by atoms with E-state index in [1.165, 1.54) is 11.1 Å². The van der Waals surface area contributed by atoms with Crippen molar-refractivity contribution in [3.05, 3.63) is 48.1 Å². The van der Waals surface area contributed by atoms with Gasteiger partial charge in [-0.2, -0.15) is 0 Å². The van der Waals surface area contributed by atoms with Crippen LogP contribution in [0.25, 0.3) is 6.08 Å². The molecule has 1 heteroatoms. The Bertz CT molecular complexity index is 303. The minimum absolute atomic E-state index is 1.15. The maximum absolute atomic E-state index is 3.36. The third-order valence-corrected chi connectivity index (χ3v) is 1.65. The highest BCUT2D eigenvalue weighted by molar-refractivity contribution is 5.56. The predicted molar refractivity (Wildman–Crippen MR) is 71.2 cm³/mol. The van der Waals surface area contributed by atoms with Gasteiger partial charge in [0.25, 0.3) is 0 Å². The first-order chi connectivity index (χ1) is 7.13. The molecule has 0 aliphatic rings. The van der Waals surface area contributed by atoms with Crippen molar-refractivity contribution in [2.45, 2.75) is 20.8 Å². The Kier molecular flexibility index (Phi) is 7.08. The van der Waals surface area contributed by atoms with Gasteiger partial charge < -0.3 is 5.32 Å². The molecule has 0 atom stereocenters. The number of nitrogens with one attached hydrogen (secondary N) is 1. The molecule has 0 fully saturated rings. The second-order valence-electron chi connectivity index (χ2n) is 3.50. The molecule has 0 aliphatic heterocycles. The van der Waals surface area contributed by atoms with Crippen LogP contribution >= 0.6 is 0 Å². The number of hydrogen-bond acceptors (Lipinski definition) is 1. The molecule has 0 amide bonds. The Labute approximate surface area is 93.5 Å². The van der Waals surface area contributed by atoms with E-state index in [-0.39, 0.29) is 0 Å². The molecule has 0 heterocycles. The minimum atomic E-state index is 1.15. The molecule has 1 rings (SSSR count). The zero-order chi connectivity index (χ0) is 11.7. The molecule has 1 aromatic rings.